The standard InChI is InChI=1S/C20H15F3N2O/c1-13-5-10-18-15(11-13)7-9-16(24-18)8-6-14-3-2-4-17(12-14)25-19(26)20(21,22)23/h2-12H,1H3,(H,25,26). The molecule has 0 fully saturated rings. The van der Waals surface area contributed by atoms with Crippen molar-refractivity contribution >= 4 is 34.6 Å². The number of aryl methyl sites for hydroxylation is 1. The monoisotopic (exact) mass is 356 g/mol. The van der Waals surface area contributed by atoms with Crippen LogP contribution in [0.1, 0.15) is 16.8 Å². The summed E-state index contributed by atoms with van der Waals surface area (Å²) < 4.78 is 37.0. The van der Waals surface area contributed by atoms with Gasteiger partial charge >= 0.3 is 12.1 Å². The van der Waals surface area contributed by atoms with E-state index in [1.165, 1.54) is 12.1 Å². The van der Waals surface area contributed by atoms with E-state index in [-0.39, 0.29) is 5.69 Å². The number of carbonyl (C=O) groups excluding carboxylic acids is 1. The summed E-state index contributed by atoms with van der Waals surface area (Å²) in [5, 5.41) is 2.88. The van der Waals surface area contributed by atoms with Gasteiger partial charge in [-0.05, 0) is 48.9 Å². The molecule has 132 valence electrons. The van der Waals surface area contributed by atoms with E-state index in [1.54, 1.807) is 24.3 Å². The highest BCUT2D eigenvalue weighted by atomic mass is 19.4. The number of rotatable bonds is 3. The number of fused-ring (bicyclic) bond motifs is 1. The van der Waals surface area contributed by atoms with Gasteiger partial charge in [-0.3, -0.25) is 4.79 Å². The minimum atomic E-state index is -4.92. The van der Waals surface area contributed by atoms with Crippen molar-refractivity contribution in [3.8, 4) is 0 Å². The quantitative estimate of drug-likeness (QED) is 0.700. The number of pyridine rings is 1. The largest absolute Gasteiger partial charge is 0.471 e. The number of amides is 1. The van der Waals surface area contributed by atoms with Gasteiger partial charge in [-0.25, -0.2) is 4.98 Å². The highest BCUT2D eigenvalue weighted by Gasteiger charge is 2.38. The van der Waals surface area contributed by atoms with Crippen molar-refractivity contribution in [2.24, 2.45) is 0 Å². The van der Waals surface area contributed by atoms with Crippen LogP contribution in [0.5, 0.6) is 0 Å². The van der Waals surface area contributed by atoms with E-state index in [4.69, 9.17) is 0 Å². The molecule has 1 amide bonds. The Kier molecular flexibility index (Phi) is 4.75. The van der Waals surface area contributed by atoms with Crippen molar-refractivity contribution in [3.05, 3.63) is 71.4 Å². The molecule has 2 aromatic carbocycles. The number of nitrogens with zero attached hydrogens (tertiary/aromatic N) is 1. The van der Waals surface area contributed by atoms with E-state index in [0.29, 0.717) is 5.56 Å². The van der Waals surface area contributed by atoms with Gasteiger partial charge in [-0.15, -0.1) is 0 Å². The number of nitrogens with one attached hydrogen (secondary N) is 1. The van der Waals surface area contributed by atoms with Crippen LogP contribution in [0.2, 0.25) is 0 Å². The molecule has 0 bridgehead atoms. The Labute approximate surface area is 148 Å². The molecule has 0 saturated carbocycles. The molecular formula is C20H15F3N2O. The molecule has 0 spiro atoms. The maximum Gasteiger partial charge on any atom is 0.471 e. The number of halogens is 3. The van der Waals surface area contributed by atoms with Gasteiger partial charge in [0.25, 0.3) is 0 Å². The van der Waals surface area contributed by atoms with Crippen LogP contribution in [0.15, 0.2) is 54.6 Å². The third-order valence-corrected chi connectivity index (χ3v) is 3.71. The Hall–Kier alpha value is -3.15. The number of alkyl halides is 3. The first-order chi connectivity index (χ1) is 12.3. The number of benzene rings is 2. The molecule has 1 N–H and O–H groups in total. The zero-order valence-corrected chi connectivity index (χ0v) is 13.8. The minimum Gasteiger partial charge on any atom is -0.318 e. The van der Waals surface area contributed by atoms with E-state index in [9.17, 15) is 18.0 Å². The average molecular weight is 356 g/mol. The van der Waals surface area contributed by atoms with Gasteiger partial charge in [0.15, 0.2) is 0 Å². The lowest BCUT2D eigenvalue weighted by molar-refractivity contribution is -0.167. The molecule has 0 saturated heterocycles. The Morgan fingerprint density at radius 2 is 1.85 bits per heavy atom. The summed E-state index contributed by atoms with van der Waals surface area (Å²) in [6.07, 6.45) is -1.42. The lowest BCUT2D eigenvalue weighted by atomic mass is 10.1. The van der Waals surface area contributed by atoms with Crippen LogP contribution in [-0.2, 0) is 4.79 Å². The van der Waals surface area contributed by atoms with Crippen LogP contribution in [0.3, 0.4) is 0 Å². The Morgan fingerprint density at radius 1 is 1.04 bits per heavy atom. The fourth-order valence-electron chi connectivity index (χ4n) is 2.46. The van der Waals surface area contributed by atoms with Gasteiger partial charge in [0.05, 0.1) is 11.2 Å². The van der Waals surface area contributed by atoms with Crippen molar-refractivity contribution < 1.29 is 18.0 Å². The normalized spacial score (nSPS) is 11.8. The molecule has 6 heteroatoms. The van der Waals surface area contributed by atoms with Crippen LogP contribution >= 0.6 is 0 Å². The summed E-state index contributed by atoms with van der Waals surface area (Å²) in [7, 11) is 0. The maximum atomic E-state index is 12.3. The van der Waals surface area contributed by atoms with E-state index < -0.39 is 12.1 Å². The molecular weight excluding hydrogens is 341 g/mol. The first kappa shape index (κ1) is 17.7. The number of anilines is 1. The van der Waals surface area contributed by atoms with E-state index in [0.717, 1.165) is 22.2 Å². The molecule has 3 nitrogen and oxygen atoms in total. The van der Waals surface area contributed by atoms with Gasteiger partial charge in [0.2, 0.25) is 0 Å². The molecule has 0 atom stereocenters. The molecule has 0 unspecified atom stereocenters. The molecule has 0 aliphatic carbocycles. The average Bonchev–Trinajstić information content (AvgIpc) is 2.59. The highest BCUT2D eigenvalue weighted by Crippen LogP contribution is 2.20. The van der Waals surface area contributed by atoms with Crippen molar-refractivity contribution in [3.63, 3.8) is 0 Å². The minimum absolute atomic E-state index is 0.0800. The van der Waals surface area contributed by atoms with Gasteiger partial charge < -0.3 is 5.32 Å². The third kappa shape index (κ3) is 4.27. The molecule has 0 aliphatic rings. The lowest BCUT2D eigenvalue weighted by Crippen LogP contribution is -2.29. The second kappa shape index (κ2) is 7.00. The summed E-state index contributed by atoms with van der Waals surface area (Å²) in [4.78, 5) is 15.5. The first-order valence-electron chi connectivity index (χ1n) is 7.85. The van der Waals surface area contributed by atoms with Crippen LogP contribution in [0.4, 0.5) is 18.9 Å². The number of aromatic nitrogens is 1. The summed E-state index contributed by atoms with van der Waals surface area (Å²) in [6.45, 7) is 2.01. The summed E-state index contributed by atoms with van der Waals surface area (Å²) in [5.74, 6) is -2.00. The van der Waals surface area contributed by atoms with E-state index in [2.05, 4.69) is 4.98 Å². The fraction of sp³-hybridized carbons (Fsp3) is 0.100. The second-order valence-electron chi connectivity index (χ2n) is 5.84. The van der Waals surface area contributed by atoms with Gasteiger partial charge in [0, 0.05) is 11.1 Å². The van der Waals surface area contributed by atoms with E-state index in [1.807, 2.05) is 42.6 Å². The van der Waals surface area contributed by atoms with Crippen molar-refractivity contribution in [1.82, 2.24) is 4.98 Å². The number of hydrogen-bond acceptors (Lipinski definition) is 2. The van der Waals surface area contributed by atoms with Crippen molar-refractivity contribution in [1.29, 1.82) is 0 Å². The molecule has 0 aliphatic heterocycles. The Morgan fingerprint density at radius 3 is 2.62 bits per heavy atom. The maximum absolute atomic E-state index is 12.3. The zero-order chi connectivity index (χ0) is 18.7. The predicted octanol–water partition coefficient (Wildman–Crippen LogP) is 5.21. The number of hydrogen-bond donors (Lipinski definition) is 1. The van der Waals surface area contributed by atoms with Crippen LogP contribution in [-0.4, -0.2) is 17.1 Å². The zero-order valence-electron chi connectivity index (χ0n) is 13.8. The second-order valence-corrected chi connectivity index (χ2v) is 5.84. The molecule has 0 radical (unpaired) electrons. The molecule has 26 heavy (non-hydrogen) atoms. The first-order valence-corrected chi connectivity index (χ1v) is 7.85. The fourth-order valence-corrected chi connectivity index (χ4v) is 2.46. The SMILES string of the molecule is Cc1ccc2nc(C=Cc3cccc(NC(=O)C(F)(F)F)c3)ccc2c1. The Bertz CT molecular complexity index is 994. The van der Waals surface area contributed by atoms with Gasteiger partial charge in [0.1, 0.15) is 0 Å². The summed E-state index contributed by atoms with van der Waals surface area (Å²) in [5.41, 5.74) is 3.47. The van der Waals surface area contributed by atoms with Crippen LogP contribution in [0.25, 0.3) is 23.1 Å². The molecule has 1 heterocycles. The molecule has 1 aromatic heterocycles. The van der Waals surface area contributed by atoms with Crippen molar-refractivity contribution in [2.45, 2.75) is 13.1 Å². The van der Waals surface area contributed by atoms with Crippen LogP contribution < -0.4 is 5.32 Å². The van der Waals surface area contributed by atoms with Gasteiger partial charge in [-0.1, -0.05) is 35.9 Å². The van der Waals surface area contributed by atoms with Gasteiger partial charge in [-0.2, -0.15) is 13.2 Å². The summed E-state index contributed by atoms with van der Waals surface area (Å²) >= 11 is 0. The molecule has 3 aromatic rings. The topological polar surface area (TPSA) is 42.0 Å². The van der Waals surface area contributed by atoms with E-state index >= 15 is 0 Å². The number of carbonyl (C=O) groups is 1. The highest BCUT2D eigenvalue weighted by molar-refractivity contribution is 5.95. The third-order valence-electron chi connectivity index (χ3n) is 3.71. The Balaban J connectivity index is 1.79. The van der Waals surface area contributed by atoms with Crippen molar-refractivity contribution in [2.75, 3.05) is 5.32 Å². The predicted molar refractivity (Wildman–Crippen MR) is 96.5 cm³/mol. The summed E-state index contributed by atoms with van der Waals surface area (Å²) in [6, 6.07) is 16.0. The van der Waals surface area contributed by atoms with Crippen LogP contribution in [0, 0.1) is 6.92 Å². The molecule has 3 rings (SSSR count). The smallest absolute Gasteiger partial charge is 0.318 e. The lowest BCUT2D eigenvalue weighted by Gasteiger charge is -2.08.